The molecule has 45 heavy (non-hydrogen) atoms. The Hall–Kier alpha value is -4.62. The molecular formula is C32H28F3N7O2S. The van der Waals surface area contributed by atoms with E-state index in [0.29, 0.717) is 57.8 Å². The van der Waals surface area contributed by atoms with Crippen molar-refractivity contribution in [1.82, 2.24) is 35.0 Å². The summed E-state index contributed by atoms with van der Waals surface area (Å²) in [6.45, 7) is 0.465. The Kier molecular flexibility index (Phi) is 7.16. The van der Waals surface area contributed by atoms with E-state index in [9.17, 15) is 21.6 Å². The van der Waals surface area contributed by atoms with Crippen molar-refractivity contribution in [3.63, 3.8) is 0 Å². The predicted molar refractivity (Wildman–Crippen MR) is 166 cm³/mol. The highest BCUT2D eigenvalue weighted by molar-refractivity contribution is 7.90. The summed E-state index contributed by atoms with van der Waals surface area (Å²) in [4.78, 5) is 18.8. The lowest BCUT2D eigenvalue weighted by molar-refractivity contribution is 0.0115. The number of aromatic nitrogens is 6. The minimum Gasteiger partial charge on any atom is -0.337 e. The number of fused-ring (bicyclic) bond motifs is 2. The summed E-state index contributed by atoms with van der Waals surface area (Å²) in [6, 6.07) is 14.0. The van der Waals surface area contributed by atoms with Crippen LogP contribution in [0.1, 0.15) is 17.5 Å². The molecule has 0 bridgehead atoms. The summed E-state index contributed by atoms with van der Waals surface area (Å²) in [5.74, 6) is -2.68. The number of H-pyrrole nitrogens is 2. The molecule has 1 saturated heterocycles. The van der Waals surface area contributed by atoms with Gasteiger partial charge in [-0.2, -0.15) is 5.10 Å². The Morgan fingerprint density at radius 3 is 2.62 bits per heavy atom. The van der Waals surface area contributed by atoms with E-state index in [1.54, 1.807) is 29.6 Å². The van der Waals surface area contributed by atoms with E-state index in [-0.39, 0.29) is 25.1 Å². The van der Waals surface area contributed by atoms with Crippen molar-refractivity contribution < 1.29 is 21.6 Å². The molecule has 13 heteroatoms. The van der Waals surface area contributed by atoms with Gasteiger partial charge in [-0.15, -0.1) is 0 Å². The minimum atomic E-state index is -3.20. The Morgan fingerprint density at radius 1 is 1.00 bits per heavy atom. The van der Waals surface area contributed by atoms with Gasteiger partial charge in [0, 0.05) is 61.0 Å². The fraction of sp³-hybridized carbons (Fsp3) is 0.250. The maximum atomic E-state index is 14.6. The first kappa shape index (κ1) is 29.1. The van der Waals surface area contributed by atoms with Crippen LogP contribution in [0.5, 0.6) is 0 Å². The molecule has 230 valence electrons. The van der Waals surface area contributed by atoms with Gasteiger partial charge in [0.15, 0.2) is 11.5 Å². The zero-order valence-electron chi connectivity index (χ0n) is 24.2. The highest BCUT2D eigenvalue weighted by Crippen LogP contribution is 2.34. The zero-order valence-corrected chi connectivity index (χ0v) is 25.0. The van der Waals surface area contributed by atoms with Crippen LogP contribution < -0.4 is 0 Å². The van der Waals surface area contributed by atoms with Crippen LogP contribution in [0, 0.1) is 5.82 Å². The normalized spacial score (nSPS) is 15.4. The minimum absolute atomic E-state index is 0.0761. The van der Waals surface area contributed by atoms with Gasteiger partial charge in [0.05, 0.1) is 28.7 Å². The molecule has 0 aliphatic carbocycles. The van der Waals surface area contributed by atoms with Gasteiger partial charge < -0.3 is 4.98 Å². The monoisotopic (exact) mass is 631 g/mol. The summed E-state index contributed by atoms with van der Waals surface area (Å²) in [5.41, 5.74) is 6.70. The quantitative estimate of drug-likeness (QED) is 0.218. The van der Waals surface area contributed by atoms with Gasteiger partial charge in [0.2, 0.25) is 0 Å². The van der Waals surface area contributed by atoms with Crippen LogP contribution in [0.2, 0.25) is 0 Å². The molecule has 1 fully saturated rings. The van der Waals surface area contributed by atoms with E-state index in [1.165, 1.54) is 12.1 Å². The van der Waals surface area contributed by atoms with Gasteiger partial charge in [-0.05, 0) is 53.4 Å². The number of nitrogens with zero attached hydrogens (tertiary/aromatic N) is 5. The first-order valence-electron chi connectivity index (χ1n) is 14.3. The van der Waals surface area contributed by atoms with Crippen LogP contribution >= 0.6 is 0 Å². The lowest BCUT2D eigenvalue weighted by atomic mass is 10.0. The molecule has 0 saturated carbocycles. The van der Waals surface area contributed by atoms with Crippen LogP contribution in [-0.2, 0) is 22.8 Å². The van der Waals surface area contributed by atoms with Crippen LogP contribution in [0.3, 0.4) is 0 Å². The number of aromatic amines is 2. The van der Waals surface area contributed by atoms with E-state index < -0.39 is 21.6 Å². The molecule has 4 aromatic heterocycles. The molecular weight excluding hydrogens is 603 g/mol. The third-order valence-electron chi connectivity index (χ3n) is 7.97. The maximum absolute atomic E-state index is 14.6. The van der Waals surface area contributed by atoms with Crippen molar-refractivity contribution in [2.75, 3.05) is 25.1 Å². The number of hydrogen-bond acceptors (Lipinski definition) is 7. The number of hydrogen-bond donors (Lipinski definition) is 2. The van der Waals surface area contributed by atoms with E-state index in [2.05, 4.69) is 25.1 Å². The van der Waals surface area contributed by atoms with E-state index in [0.717, 1.165) is 28.5 Å². The van der Waals surface area contributed by atoms with E-state index >= 15 is 0 Å². The number of benzene rings is 2. The van der Waals surface area contributed by atoms with Crippen LogP contribution in [-0.4, -0.2) is 74.5 Å². The average molecular weight is 632 g/mol. The van der Waals surface area contributed by atoms with Crippen molar-refractivity contribution in [3.8, 4) is 33.8 Å². The van der Waals surface area contributed by atoms with Crippen molar-refractivity contribution in [2.24, 2.45) is 0 Å². The molecule has 9 nitrogen and oxygen atoms in total. The fourth-order valence-corrected chi connectivity index (χ4v) is 6.41. The number of imidazole rings is 1. The van der Waals surface area contributed by atoms with Gasteiger partial charge >= 0.3 is 0 Å². The van der Waals surface area contributed by atoms with Crippen LogP contribution in [0.25, 0.3) is 55.8 Å². The number of rotatable bonds is 8. The van der Waals surface area contributed by atoms with E-state index in [1.807, 2.05) is 30.3 Å². The fourth-order valence-electron chi connectivity index (χ4n) is 5.81. The third kappa shape index (κ3) is 6.18. The molecule has 7 rings (SSSR count). The SMILES string of the molecule is CS(=O)(=O)CCc1cc(F)cc(-c2cccc3[nH]c(-c4[nH]nc5ncc(-c6cncc(CN7CCC(F)(F)C7)c6)cc45)nc23)c1. The molecule has 6 aromatic rings. The summed E-state index contributed by atoms with van der Waals surface area (Å²) >= 11 is 0. The Balaban J connectivity index is 1.22. The molecule has 2 N–H and O–H groups in total. The van der Waals surface area contributed by atoms with Crippen LogP contribution in [0.15, 0.2) is 67.1 Å². The molecule has 1 aliphatic heterocycles. The summed E-state index contributed by atoms with van der Waals surface area (Å²) in [5, 5.41) is 8.10. The number of halogens is 3. The van der Waals surface area contributed by atoms with Crippen LogP contribution in [0.4, 0.5) is 13.2 Å². The number of aryl methyl sites for hydroxylation is 1. The topological polar surface area (TPSA) is 121 Å². The summed E-state index contributed by atoms with van der Waals surface area (Å²) in [7, 11) is -3.20. The first-order chi connectivity index (χ1) is 21.5. The molecule has 0 radical (unpaired) electrons. The predicted octanol–water partition coefficient (Wildman–Crippen LogP) is 5.80. The lowest BCUT2D eigenvalue weighted by Crippen LogP contribution is -2.24. The van der Waals surface area contributed by atoms with Crippen molar-refractivity contribution in [2.45, 2.75) is 25.3 Å². The largest absolute Gasteiger partial charge is 0.337 e. The van der Waals surface area contributed by atoms with Crippen molar-refractivity contribution in [1.29, 1.82) is 0 Å². The molecule has 2 aromatic carbocycles. The highest BCUT2D eigenvalue weighted by Gasteiger charge is 2.37. The van der Waals surface area contributed by atoms with Gasteiger partial charge in [0.25, 0.3) is 5.92 Å². The number of para-hydroxylation sites is 1. The van der Waals surface area contributed by atoms with E-state index in [4.69, 9.17) is 4.98 Å². The summed E-state index contributed by atoms with van der Waals surface area (Å²) in [6.07, 6.45) is 6.32. The lowest BCUT2D eigenvalue weighted by Gasteiger charge is -2.15. The van der Waals surface area contributed by atoms with Gasteiger partial charge in [-0.25, -0.2) is 31.6 Å². The number of sulfone groups is 1. The highest BCUT2D eigenvalue weighted by atomic mass is 32.2. The van der Waals surface area contributed by atoms with Gasteiger partial charge in [-0.1, -0.05) is 18.2 Å². The number of nitrogens with one attached hydrogen (secondary N) is 2. The molecule has 0 spiro atoms. The Bertz CT molecular complexity index is 2180. The number of pyridine rings is 2. The standard InChI is InChI=1S/C32H28F3N7O2S/c1-45(43,44)8-5-19-9-21(12-24(33)11-19)25-3-2-4-27-28(25)39-31(38-27)29-26-13-23(16-37-30(26)41-40-29)22-10-20(14-36-15-22)17-42-7-6-32(34,35)18-42/h2-4,9-16H,5-8,17-18H2,1H3,(H,38,39)(H,37,40,41). The number of likely N-dealkylation sites (tertiary alicyclic amines) is 1. The second kappa shape index (κ2) is 11.1. The first-order valence-corrected chi connectivity index (χ1v) is 16.4. The van der Waals surface area contributed by atoms with Gasteiger partial charge in [0.1, 0.15) is 21.3 Å². The molecule has 0 unspecified atom stereocenters. The maximum Gasteiger partial charge on any atom is 0.261 e. The molecule has 5 heterocycles. The zero-order chi connectivity index (χ0) is 31.3. The Labute approximate surface area is 256 Å². The molecule has 0 atom stereocenters. The van der Waals surface area contributed by atoms with Crippen molar-refractivity contribution in [3.05, 3.63) is 84.1 Å². The van der Waals surface area contributed by atoms with Gasteiger partial charge in [-0.3, -0.25) is 15.0 Å². The van der Waals surface area contributed by atoms with Crippen molar-refractivity contribution >= 4 is 31.9 Å². The average Bonchev–Trinajstić information content (AvgIpc) is 3.71. The molecule has 1 aliphatic rings. The summed E-state index contributed by atoms with van der Waals surface area (Å²) < 4.78 is 65.4. The number of alkyl halides is 2. The smallest absolute Gasteiger partial charge is 0.261 e. The molecule has 0 amide bonds. The second-order valence-electron chi connectivity index (χ2n) is 11.6. The second-order valence-corrected chi connectivity index (χ2v) is 13.9. The Morgan fingerprint density at radius 2 is 1.82 bits per heavy atom. The third-order valence-corrected chi connectivity index (χ3v) is 8.92.